The van der Waals surface area contributed by atoms with Crippen molar-refractivity contribution in [3.63, 3.8) is 0 Å². The van der Waals surface area contributed by atoms with Crippen LogP contribution in [-0.4, -0.2) is 45.2 Å². The van der Waals surface area contributed by atoms with Gasteiger partial charge in [-0.1, -0.05) is 23.7 Å². The molecule has 0 spiro atoms. The summed E-state index contributed by atoms with van der Waals surface area (Å²) in [5.74, 6) is -2.45. The van der Waals surface area contributed by atoms with Gasteiger partial charge in [-0.05, 0) is 30.3 Å². The summed E-state index contributed by atoms with van der Waals surface area (Å²) in [5.41, 5.74) is -0.425. The first-order valence-electron chi connectivity index (χ1n) is 7.31. The van der Waals surface area contributed by atoms with Crippen LogP contribution in [0.25, 0.3) is 0 Å². The fourth-order valence-electron chi connectivity index (χ4n) is 2.01. The average molecular weight is 400 g/mol. The van der Waals surface area contributed by atoms with E-state index >= 15 is 0 Å². The third kappa shape index (κ3) is 4.27. The molecule has 0 bridgehead atoms. The molecule has 2 rings (SSSR count). The number of sulfonamides is 1. The maximum Gasteiger partial charge on any atom is 0.340 e. The standard InChI is InChI=1S/C17H15ClFNO5S/c1-20(2)26(23,24)11-7-8-14(18)13(9-11)17(22)25-10-16(21)12-5-3-4-6-15(12)19/h3-9H,10H2,1-2H3. The van der Waals surface area contributed by atoms with Crippen molar-refractivity contribution in [1.29, 1.82) is 0 Å². The zero-order chi connectivity index (χ0) is 19.5. The van der Waals surface area contributed by atoms with Gasteiger partial charge in [0.2, 0.25) is 15.8 Å². The Morgan fingerprint density at radius 3 is 2.38 bits per heavy atom. The summed E-state index contributed by atoms with van der Waals surface area (Å²) in [6.07, 6.45) is 0. The Morgan fingerprint density at radius 1 is 1.12 bits per heavy atom. The number of carbonyl (C=O) groups excluding carboxylic acids is 2. The number of esters is 1. The summed E-state index contributed by atoms with van der Waals surface area (Å²) in [5, 5.41) is -0.0361. The summed E-state index contributed by atoms with van der Waals surface area (Å²) in [4.78, 5) is 24.0. The van der Waals surface area contributed by atoms with Crippen molar-refractivity contribution in [3.8, 4) is 0 Å². The van der Waals surface area contributed by atoms with Gasteiger partial charge in [-0.15, -0.1) is 0 Å². The van der Waals surface area contributed by atoms with Crippen LogP contribution in [-0.2, 0) is 14.8 Å². The molecular weight excluding hydrogens is 385 g/mol. The molecule has 26 heavy (non-hydrogen) atoms. The van der Waals surface area contributed by atoms with Crippen LogP contribution in [0.4, 0.5) is 4.39 Å². The Kier molecular flexibility index (Phi) is 6.12. The maximum atomic E-state index is 13.6. The van der Waals surface area contributed by atoms with Gasteiger partial charge in [0.15, 0.2) is 6.61 Å². The van der Waals surface area contributed by atoms with Crippen LogP contribution in [0, 0.1) is 5.82 Å². The zero-order valence-electron chi connectivity index (χ0n) is 13.9. The fourth-order valence-corrected chi connectivity index (χ4v) is 3.13. The van der Waals surface area contributed by atoms with Gasteiger partial charge in [0.05, 0.1) is 21.0 Å². The van der Waals surface area contributed by atoms with Crippen molar-refractivity contribution >= 4 is 33.4 Å². The summed E-state index contributed by atoms with van der Waals surface area (Å²) >= 11 is 5.92. The Hall–Kier alpha value is -2.29. The molecule has 138 valence electrons. The number of benzene rings is 2. The van der Waals surface area contributed by atoms with Crippen LogP contribution in [0.15, 0.2) is 47.4 Å². The number of carbonyl (C=O) groups is 2. The van der Waals surface area contributed by atoms with Crippen molar-refractivity contribution in [3.05, 3.63) is 64.4 Å². The summed E-state index contributed by atoms with van der Waals surface area (Å²) in [7, 11) is -1.09. The molecule has 2 aromatic carbocycles. The first-order valence-corrected chi connectivity index (χ1v) is 9.13. The number of nitrogens with zero attached hydrogens (tertiary/aromatic N) is 1. The normalized spacial score (nSPS) is 11.4. The molecule has 2 aromatic rings. The smallest absolute Gasteiger partial charge is 0.340 e. The SMILES string of the molecule is CN(C)S(=O)(=O)c1ccc(Cl)c(C(=O)OCC(=O)c2ccccc2F)c1. The number of hydrogen-bond donors (Lipinski definition) is 0. The molecule has 0 fully saturated rings. The van der Waals surface area contributed by atoms with Gasteiger partial charge >= 0.3 is 5.97 Å². The summed E-state index contributed by atoms with van der Waals surface area (Å²) in [6.45, 7) is -0.708. The third-order valence-corrected chi connectivity index (χ3v) is 5.59. The highest BCUT2D eigenvalue weighted by Crippen LogP contribution is 2.23. The molecule has 0 N–H and O–H groups in total. The van der Waals surface area contributed by atoms with Crippen molar-refractivity contribution in [2.24, 2.45) is 0 Å². The molecule has 9 heteroatoms. The second-order valence-corrected chi connectivity index (χ2v) is 7.97. The molecule has 0 saturated carbocycles. The highest BCUT2D eigenvalue weighted by Gasteiger charge is 2.22. The molecule has 0 aliphatic heterocycles. The molecule has 0 unspecified atom stereocenters. The topological polar surface area (TPSA) is 80.8 Å². The van der Waals surface area contributed by atoms with Crippen LogP contribution < -0.4 is 0 Å². The number of ketones is 1. The molecule has 0 heterocycles. The molecule has 0 aromatic heterocycles. The molecule has 0 aliphatic carbocycles. The average Bonchev–Trinajstić information content (AvgIpc) is 2.59. The van der Waals surface area contributed by atoms with E-state index < -0.39 is 34.2 Å². The van der Waals surface area contributed by atoms with Gasteiger partial charge in [-0.25, -0.2) is 21.9 Å². The van der Waals surface area contributed by atoms with Gasteiger partial charge in [0.25, 0.3) is 0 Å². The minimum absolute atomic E-state index is 0.0361. The van der Waals surface area contributed by atoms with E-state index in [1.807, 2.05) is 0 Å². The number of hydrogen-bond acceptors (Lipinski definition) is 5. The van der Waals surface area contributed by atoms with Crippen LogP contribution >= 0.6 is 11.6 Å². The Balaban J connectivity index is 2.20. The predicted octanol–water partition coefficient (Wildman–Crippen LogP) is 2.77. The highest BCUT2D eigenvalue weighted by molar-refractivity contribution is 7.89. The monoisotopic (exact) mass is 399 g/mol. The van der Waals surface area contributed by atoms with E-state index in [1.54, 1.807) is 0 Å². The highest BCUT2D eigenvalue weighted by atomic mass is 35.5. The first kappa shape index (κ1) is 20.0. The van der Waals surface area contributed by atoms with Crippen molar-refractivity contribution in [2.75, 3.05) is 20.7 Å². The molecule has 0 atom stereocenters. The molecule has 0 saturated heterocycles. The van der Waals surface area contributed by atoms with Crippen molar-refractivity contribution in [1.82, 2.24) is 4.31 Å². The van der Waals surface area contributed by atoms with Gasteiger partial charge in [-0.3, -0.25) is 4.79 Å². The lowest BCUT2D eigenvalue weighted by Gasteiger charge is -2.13. The Morgan fingerprint density at radius 2 is 1.77 bits per heavy atom. The van der Waals surface area contributed by atoms with Gasteiger partial charge in [0, 0.05) is 14.1 Å². The van der Waals surface area contributed by atoms with Crippen molar-refractivity contribution in [2.45, 2.75) is 4.90 Å². The van der Waals surface area contributed by atoms with E-state index in [0.717, 1.165) is 16.4 Å². The number of rotatable bonds is 6. The lowest BCUT2D eigenvalue weighted by atomic mass is 10.1. The second kappa shape index (κ2) is 7.94. The van der Waals surface area contributed by atoms with Gasteiger partial charge in [-0.2, -0.15) is 0 Å². The summed E-state index contributed by atoms with van der Waals surface area (Å²) in [6, 6.07) is 8.84. The molecule has 0 radical (unpaired) electrons. The number of halogens is 2. The van der Waals surface area contributed by atoms with Gasteiger partial charge in [0.1, 0.15) is 5.82 Å². The van der Waals surface area contributed by atoms with Crippen molar-refractivity contribution < 1.29 is 27.1 Å². The lowest BCUT2D eigenvalue weighted by Crippen LogP contribution is -2.22. The minimum atomic E-state index is -3.78. The first-order chi connectivity index (χ1) is 12.1. The quantitative estimate of drug-likeness (QED) is 0.551. The van der Waals surface area contributed by atoms with Crippen LogP contribution in [0.2, 0.25) is 5.02 Å². The van der Waals surface area contributed by atoms with Crippen LogP contribution in [0.1, 0.15) is 20.7 Å². The maximum absolute atomic E-state index is 13.6. The second-order valence-electron chi connectivity index (χ2n) is 5.41. The van der Waals surface area contributed by atoms with E-state index in [4.69, 9.17) is 16.3 Å². The van der Waals surface area contributed by atoms with E-state index in [0.29, 0.717) is 0 Å². The molecule has 0 amide bonds. The largest absolute Gasteiger partial charge is 0.454 e. The molecule has 0 aliphatic rings. The van der Waals surface area contributed by atoms with E-state index in [-0.39, 0.29) is 21.0 Å². The molecular formula is C17H15ClFNO5S. The van der Waals surface area contributed by atoms with Crippen LogP contribution in [0.5, 0.6) is 0 Å². The van der Waals surface area contributed by atoms with Crippen LogP contribution in [0.3, 0.4) is 0 Å². The third-order valence-electron chi connectivity index (χ3n) is 3.44. The Bertz CT molecular complexity index is 959. The van der Waals surface area contributed by atoms with Gasteiger partial charge < -0.3 is 4.74 Å². The summed E-state index contributed by atoms with van der Waals surface area (Å²) < 4.78 is 43.7. The zero-order valence-corrected chi connectivity index (χ0v) is 15.5. The predicted molar refractivity (Wildman–Crippen MR) is 93.3 cm³/mol. The Labute approximate surface area is 155 Å². The van der Waals surface area contributed by atoms with E-state index in [9.17, 15) is 22.4 Å². The van der Waals surface area contributed by atoms with E-state index in [1.165, 1.54) is 44.4 Å². The van der Waals surface area contributed by atoms with E-state index in [2.05, 4.69) is 0 Å². The minimum Gasteiger partial charge on any atom is -0.454 e. The fraction of sp³-hybridized carbons (Fsp3) is 0.176. The number of Topliss-reactive ketones (excluding diaryl/α,β-unsaturated/α-hetero) is 1. The molecule has 6 nitrogen and oxygen atoms in total. The number of ether oxygens (including phenoxy) is 1. The lowest BCUT2D eigenvalue weighted by molar-refractivity contribution is 0.0473.